The Morgan fingerprint density at radius 2 is 2.00 bits per heavy atom. The smallest absolute Gasteiger partial charge is 0.355 e. The Morgan fingerprint density at radius 1 is 1.35 bits per heavy atom. The molecule has 0 atom stereocenters. The number of thiazole rings is 1. The highest BCUT2D eigenvalue weighted by Crippen LogP contribution is 2.19. The van der Waals surface area contributed by atoms with Crippen LogP contribution in [0.2, 0.25) is 0 Å². The summed E-state index contributed by atoms with van der Waals surface area (Å²) >= 11 is 1.06. The molecule has 1 heterocycles. The molecule has 0 unspecified atom stereocenters. The van der Waals surface area contributed by atoms with E-state index in [1.807, 2.05) is 0 Å². The van der Waals surface area contributed by atoms with E-state index in [0.717, 1.165) is 23.5 Å². The molecule has 17 heavy (non-hydrogen) atoms. The van der Waals surface area contributed by atoms with E-state index in [1.165, 1.54) is 11.4 Å². The number of nitrogens with zero attached hydrogens (tertiary/aromatic N) is 1. The molecule has 1 N–H and O–H groups in total. The average Bonchev–Trinajstić information content (AvgIpc) is 2.72. The van der Waals surface area contributed by atoms with E-state index in [-0.39, 0.29) is 17.7 Å². The lowest BCUT2D eigenvalue weighted by molar-refractivity contribution is 0.0691. The lowest BCUT2D eigenvalue weighted by Gasteiger charge is -2.01. The summed E-state index contributed by atoms with van der Waals surface area (Å²) in [6.45, 7) is 0. The van der Waals surface area contributed by atoms with Crippen molar-refractivity contribution in [3.05, 3.63) is 51.5 Å². The number of aromatic nitrogens is 1. The fourth-order valence-electron chi connectivity index (χ4n) is 1.34. The van der Waals surface area contributed by atoms with Gasteiger partial charge >= 0.3 is 5.97 Å². The van der Waals surface area contributed by atoms with Gasteiger partial charge in [0.25, 0.3) is 0 Å². The van der Waals surface area contributed by atoms with Crippen LogP contribution < -0.4 is 0 Å². The highest BCUT2D eigenvalue weighted by atomic mass is 32.1. The van der Waals surface area contributed by atoms with Gasteiger partial charge in [0, 0.05) is 17.4 Å². The van der Waals surface area contributed by atoms with Crippen LogP contribution in [0.25, 0.3) is 0 Å². The molecule has 0 saturated carbocycles. The van der Waals surface area contributed by atoms with Crippen molar-refractivity contribution in [3.63, 3.8) is 0 Å². The second kappa shape index (κ2) is 4.58. The van der Waals surface area contributed by atoms with Gasteiger partial charge in [0.2, 0.25) is 0 Å². The van der Waals surface area contributed by atoms with Crippen molar-refractivity contribution < 1.29 is 18.7 Å². The fraction of sp³-hybridized carbons (Fsp3) is 0.0909. The van der Waals surface area contributed by atoms with Crippen LogP contribution in [-0.4, -0.2) is 16.1 Å². The van der Waals surface area contributed by atoms with Crippen LogP contribution in [0.4, 0.5) is 8.78 Å². The first-order chi connectivity index (χ1) is 8.08. The standard InChI is InChI=1S/C11H7F2NO2S/c12-7-2-1-3-8(13)6(7)4-10-14-9(5-17-10)11(15)16/h1-3,5H,4H2,(H,15,16). The van der Waals surface area contributed by atoms with E-state index in [2.05, 4.69) is 4.98 Å². The number of rotatable bonds is 3. The van der Waals surface area contributed by atoms with E-state index < -0.39 is 17.6 Å². The molecule has 0 aliphatic rings. The molecular weight excluding hydrogens is 248 g/mol. The van der Waals surface area contributed by atoms with Crippen LogP contribution >= 0.6 is 11.3 Å². The van der Waals surface area contributed by atoms with Crippen LogP contribution in [0.3, 0.4) is 0 Å². The summed E-state index contributed by atoms with van der Waals surface area (Å²) in [6.07, 6.45) is -0.0452. The molecule has 1 aromatic heterocycles. The summed E-state index contributed by atoms with van der Waals surface area (Å²) in [5, 5.41) is 10.4. The molecule has 0 aliphatic heterocycles. The number of hydrogen-bond acceptors (Lipinski definition) is 3. The van der Waals surface area contributed by atoms with E-state index >= 15 is 0 Å². The SMILES string of the molecule is O=C(O)c1csc(Cc2c(F)cccc2F)n1. The zero-order valence-electron chi connectivity index (χ0n) is 8.48. The Kier molecular flexibility index (Phi) is 3.14. The Bertz CT molecular complexity index is 548. The highest BCUT2D eigenvalue weighted by molar-refractivity contribution is 7.09. The van der Waals surface area contributed by atoms with Crippen molar-refractivity contribution in [1.82, 2.24) is 4.98 Å². The zero-order valence-corrected chi connectivity index (χ0v) is 9.30. The Morgan fingerprint density at radius 3 is 2.53 bits per heavy atom. The normalized spacial score (nSPS) is 10.5. The first kappa shape index (κ1) is 11.7. The number of hydrogen-bond donors (Lipinski definition) is 1. The van der Waals surface area contributed by atoms with Gasteiger partial charge in [0.05, 0.1) is 5.01 Å². The minimum Gasteiger partial charge on any atom is -0.476 e. The molecule has 2 rings (SSSR count). The summed E-state index contributed by atoms with van der Waals surface area (Å²) < 4.78 is 26.6. The van der Waals surface area contributed by atoms with Gasteiger partial charge in [-0.3, -0.25) is 0 Å². The third-order valence-electron chi connectivity index (χ3n) is 2.16. The maximum absolute atomic E-state index is 13.3. The molecule has 6 heteroatoms. The van der Waals surface area contributed by atoms with Crippen molar-refractivity contribution in [2.45, 2.75) is 6.42 Å². The van der Waals surface area contributed by atoms with Crippen LogP contribution in [0.15, 0.2) is 23.6 Å². The first-order valence-electron chi connectivity index (χ1n) is 4.68. The summed E-state index contributed by atoms with van der Waals surface area (Å²) in [4.78, 5) is 14.4. The average molecular weight is 255 g/mol. The molecule has 0 fully saturated rings. The molecule has 0 amide bonds. The molecule has 0 aliphatic carbocycles. The van der Waals surface area contributed by atoms with E-state index in [0.29, 0.717) is 5.01 Å². The lowest BCUT2D eigenvalue weighted by Crippen LogP contribution is -1.99. The second-order valence-electron chi connectivity index (χ2n) is 3.31. The zero-order chi connectivity index (χ0) is 12.4. The second-order valence-corrected chi connectivity index (χ2v) is 4.25. The Balaban J connectivity index is 2.28. The number of aromatic carboxylic acids is 1. The lowest BCUT2D eigenvalue weighted by atomic mass is 10.1. The Hall–Kier alpha value is -1.82. The van der Waals surface area contributed by atoms with Crippen molar-refractivity contribution in [2.24, 2.45) is 0 Å². The van der Waals surface area contributed by atoms with Crippen molar-refractivity contribution in [3.8, 4) is 0 Å². The topological polar surface area (TPSA) is 50.2 Å². The minimum absolute atomic E-state index is 0.0452. The molecular formula is C11H7F2NO2S. The fourth-order valence-corrected chi connectivity index (χ4v) is 2.12. The van der Waals surface area contributed by atoms with Crippen LogP contribution in [0.1, 0.15) is 21.1 Å². The maximum atomic E-state index is 13.3. The van der Waals surface area contributed by atoms with Crippen LogP contribution in [-0.2, 0) is 6.42 Å². The molecule has 3 nitrogen and oxygen atoms in total. The van der Waals surface area contributed by atoms with Gasteiger partial charge in [-0.2, -0.15) is 0 Å². The maximum Gasteiger partial charge on any atom is 0.355 e. The van der Waals surface area contributed by atoms with Gasteiger partial charge in [0.1, 0.15) is 11.6 Å². The quantitative estimate of drug-likeness (QED) is 0.917. The van der Waals surface area contributed by atoms with Crippen molar-refractivity contribution in [1.29, 1.82) is 0 Å². The molecule has 0 radical (unpaired) electrons. The van der Waals surface area contributed by atoms with Gasteiger partial charge in [-0.25, -0.2) is 18.6 Å². The first-order valence-corrected chi connectivity index (χ1v) is 5.56. The third kappa shape index (κ3) is 2.47. The van der Waals surface area contributed by atoms with Gasteiger partial charge in [0.15, 0.2) is 5.69 Å². The van der Waals surface area contributed by atoms with Gasteiger partial charge < -0.3 is 5.11 Å². The van der Waals surface area contributed by atoms with Crippen LogP contribution in [0, 0.1) is 11.6 Å². The number of carbonyl (C=O) groups is 1. The number of carboxylic acids is 1. The number of benzene rings is 1. The summed E-state index contributed by atoms with van der Waals surface area (Å²) in [5.74, 6) is -2.46. The summed E-state index contributed by atoms with van der Waals surface area (Å²) in [7, 11) is 0. The number of halogens is 2. The van der Waals surface area contributed by atoms with E-state index in [1.54, 1.807) is 0 Å². The van der Waals surface area contributed by atoms with E-state index in [4.69, 9.17) is 5.11 Å². The monoisotopic (exact) mass is 255 g/mol. The molecule has 0 bridgehead atoms. The summed E-state index contributed by atoms with van der Waals surface area (Å²) in [5.41, 5.74) is -0.208. The summed E-state index contributed by atoms with van der Waals surface area (Å²) in [6, 6.07) is 3.59. The molecule has 0 spiro atoms. The van der Waals surface area contributed by atoms with Crippen LogP contribution in [0.5, 0.6) is 0 Å². The number of carboxylic acid groups (broad SMARTS) is 1. The minimum atomic E-state index is -1.15. The van der Waals surface area contributed by atoms with Gasteiger partial charge in [-0.1, -0.05) is 6.07 Å². The van der Waals surface area contributed by atoms with Gasteiger partial charge in [-0.15, -0.1) is 11.3 Å². The highest BCUT2D eigenvalue weighted by Gasteiger charge is 2.13. The van der Waals surface area contributed by atoms with E-state index in [9.17, 15) is 13.6 Å². The molecule has 2 aromatic rings. The predicted octanol–water partition coefficient (Wildman–Crippen LogP) is 2.71. The molecule has 88 valence electrons. The predicted molar refractivity (Wildman–Crippen MR) is 58.2 cm³/mol. The third-order valence-corrected chi connectivity index (χ3v) is 3.01. The Labute approximate surface area is 99.4 Å². The molecule has 1 aromatic carbocycles. The molecule has 0 saturated heterocycles. The van der Waals surface area contributed by atoms with Crippen molar-refractivity contribution >= 4 is 17.3 Å². The largest absolute Gasteiger partial charge is 0.476 e. The van der Waals surface area contributed by atoms with Gasteiger partial charge in [-0.05, 0) is 12.1 Å². The van der Waals surface area contributed by atoms with Crippen molar-refractivity contribution in [2.75, 3.05) is 0 Å².